The third-order valence-corrected chi connectivity index (χ3v) is 5.47. The van der Waals surface area contributed by atoms with Crippen molar-refractivity contribution in [2.75, 3.05) is 25.1 Å². The Bertz CT molecular complexity index is 1320. The molecule has 0 bridgehead atoms. The number of aryl methyl sites for hydroxylation is 1. The van der Waals surface area contributed by atoms with Crippen LogP contribution < -0.4 is 25.0 Å². The molecule has 8 nitrogen and oxygen atoms in total. The molecular formula is C28H27Cl2N3O5. The number of nitrogens with one attached hydrogen (secondary N) is 2. The van der Waals surface area contributed by atoms with Crippen molar-refractivity contribution in [3.8, 4) is 17.2 Å². The second-order valence-corrected chi connectivity index (χ2v) is 8.73. The molecule has 0 spiro atoms. The van der Waals surface area contributed by atoms with E-state index in [0.717, 1.165) is 5.56 Å². The highest BCUT2D eigenvalue weighted by molar-refractivity contribution is 6.37. The zero-order valence-corrected chi connectivity index (χ0v) is 22.4. The number of amides is 2. The van der Waals surface area contributed by atoms with E-state index in [-0.39, 0.29) is 28.3 Å². The molecule has 0 fully saturated rings. The minimum absolute atomic E-state index is 0.163. The second-order valence-electron chi connectivity index (χ2n) is 7.91. The summed E-state index contributed by atoms with van der Waals surface area (Å²) in [6.07, 6.45) is 3.00. The Morgan fingerprint density at radius 2 is 1.76 bits per heavy atom. The lowest BCUT2D eigenvalue weighted by atomic mass is 10.2. The van der Waals surface area contributed by atoms with Crippen LogP contribution in [0.5, 0.6) is 17.2 Å². The largest absolute Gasteiger partial charge is 0.490 e. The molecule has 0 aliphatic carbocycles. The number of ether oxygens (including phenoxy) is 3. The first-order chi connectivity index (χ1) is 18.3. The van der Waals surface area contributed by atoms with E-state index in [9.17, 15) is 9.59 Å². The van der Waals surface area contributed by atoms with Gasteiger partial charge >= 0.3 is 0 Å². The molecule has 0 aliphatic rings. The fourth-order valence-corrected chi connectivity index (χ4v) is 3.88. The van der Waals surface area contributed by atoms with Gasteiger partial charge < -0.3 is 19.5 Å². The van der Waals surface area contributed by atoms with Crippen LogP contribution in [-0.4, -0.2) is 37.8 Å². The van der Waals surface area contributed by atoms with Crippen LogP contribution in [0.2, 0.25) is 10.0 Å². The number of anilines is 1. The lowest BCUT2D eigenvalue weighted by Gasteiger charge is -2.12. The van der Waals surface area contributed by atoms with Crippen LogP contribution in [0.3, 0.4) is 0 Å². The van der Waals surface area contributed by atoms with Crippen LogP contribution in [0.1, 0.15) is 28.4 Å². The van der Waals surface area contributed by atoms with Gasteiger partial charge in [-0.3, -0.25) is 9.59 Å². The zero-order chi connectivity index (χ0) is 27.5. The van der Waals surface area contributed by atoms with Crippen LogP contribution in [-0.2, 0) is 4.79 Å². The number of hydrogen-bond acceptors (Lipinski definition) is 6. The molecule has 38 heavy (non-hydrogen) atoms. The number of rotatable bonds is 12. The van der Waals surface area contributed by atoms with Crippen molar-refractivity contribution in [3.63, 3.8) is 0 Å². The van der Waals surface area contributed by atoms with Gasteiger partial charge in [0.25, 0.3) is 11.8 Å². The Balaban J connectivity index is 1.60. The number of carbonyl (C=O) groups excluding carboxylic acids is 2. The van der Waals surface area contributed by atoms with E-state index in [2.05, 4.69) is 22.4 Å². The number of nitrogens with zero attached hydrogens (tertiary/aromatic N) is 1. The predicted octanol–water partition coefficient (Wildman–Crippen LogP) is 6.05. The van der Waals surface area contributed by atoms with Gasteiger partial charge in [-0.15, -0.1) is 0 Å². The average Bonchev–Trinajstić information content (AvgIpc) is 2.87. The Morgan fingerprint density at radius 3 is 2.45 bits per heavy atom. The molecule has 0 aromatic heterocycles. The number of hydrogen-bond donors (Lipinski definition) is 2. The van der Waals surface area contributed by atoms with Crippen molar-refractivity contribution in [2.45, 2.75) is 13.8 Å². The van der Waals surface area contributed by atoms with Crippen molar-refractivity contribution < 1.29 is 23.8 Å². The highest BCUT2D eigenvalue weighted by Gasteiger charge is 2.13. The molecule has 3 aromatic carbocycles. The minimum Gasteiger partial charge on any atom is -0.490 e. The van der Waals surface area contributed by atoms with Crippen molar-refractivity contribution >= 4 is 46.9 Å². The highest BCUT2D eigenvalue weighted by Crippen LogP contribution is 2.34. The highest BCUT2D eigenvalue weighted by atomic mass is 35.5. The van der Waals surface area contributed by atoms with E-state index in [1.165, 1.54) is 6.21 Å². The number of benzene rings is 3. The molecule has 2 N–H and O–H groups in total. The number of hydrazone groups is 1. The summed E-state index contributed by atoms with van der Waals surface area (Å²) in [5.41, 5.74) is 4.98. The molecule has 0 unspecified atom stereocenters. The maximum absolute atomic E-state index is 12.6. The quantitative estimate of drug-likeness (QED) is 0.161. The van der Waals surface area contributed by atoms with Gasteiger partial charge in [0, 0.05) is 11.3 Å². The molecule has 0 saturated carbocycles. The molecule has 3 rings (SSSR count). The van der Waals surface area contributed by atoms with Gasteiger partial charge in [-0.2, -0.15) is 5.10 Å². The van der Waals surface area contributed by atoms with E-state index in [1.807, 2.05) is 32.0 Å². The van der Waals surface area contributed by atoms with Gasteiger partial charge in [0.05, 0.1) is 22.9 Å². The van der Waals surface area contributed by atoms with Gasteiger partial charge in [0.1, 0.15) is 6.61 Å². The molecule has 0 aliphatic heterocycles. The van der Waals surface area contributed by atoms with Crippen LogP contribution >= 0.6 is 23.2 Å². The Hall–Kier alpha value is -4.01. The molecule has 10 heteroatoms. The van der Waals surface area contributed by atoms with Gasteiger partial charge in [-0.05, 0) is 67.4 Å². The summed E-state index contributed by atoms with van der Waals surface area (Å²) in [5, 5.41) is 7.09. The molecule has 0 saturated heterocycles. The summed E-state index contributed by atoms with van der Waals surface area (Å²) in [6, 6.07) is 15.3. The van der Waals surface area contributed by atoms with Crippen molar-refractivity contribution in [1.29, 1.82) is 0 Å². The van der Waals surface area contributed by atoms with Gasteiger partial charge in [0.2, 0.25) is 0 Å². The molecule has 0 radical (unpaired) electrons. The third kappa shape index (κ3) is 8.26. The Kier molecular flexibility index (Phi) is 10.6. The Morgan fingerprint density at radius 1 is 1.00 bits per heavy atom. The maximum atomic E-state index is 12.6. The van der Waals surface area contributed by atoms with Crippen LogP contribution in [0.15, 0.2) is 72.4 Å². The smallest absolute Gasteiger partial charge is 0.271 e. The van der Waals surface area contributed by atoms with Crippen molar-refractivity contribution in [1.82, 2.24) is 5.43 Å². The minimum atomic E-state index is -0.450. The summed E-state index contributed by atoms with van der Waals surface area (Å²) in [4.78, 5) is 24.8. The Labute approximate surface area is 231 Å². The normalized spacial score (nSPS) is 10.6. The predicted molar refractivity (Wildman–Crippen MR) is 150 cm³/mol. The lowest BCUT2D eigenvalue weighted by Crippen LogP contribution is -2.20. The summed E-state index contributed by atoms with van der Waals surface area (Å²) in [5.74, 6) is 0.299. The number of carbonyl (C=O) groups is 2. The van der Waals surface area contributed by atoms with E-state index in [1.54, 1.807) is 42.5 Å². The lowest BCUT2D eigenvalue weighted by molar-refractivity contribution is -0.118. The topological polar surface area (TPSA) is 98.3 Å². The molecule has 198 valence electrons. The van der Waals surface area contributed by atoms with Crippen LogP contribution in [0.25, 0.3) is 0 Å². The van der Waals surface area contributed by atoms with E-state index < -0.39 is 5.91 Å². The molecule has 0 heterocycles. The summed E-state index contributed by atoms with van der Waals surface area (Å²) in [6.45, 7) is 7.82. The molecular weight excluding hydrogens is 529 g/mol. The first-order valence-electron chi connectivity index (χ1n) is 11.6. The summed E-state index contributed by atoms with van der Waals surface area (Å²) < 4.78 is 16.6. The SMILES string of the molecule is C=CCOc1ccc(C(=O)N/N=C/c2cc(Cl)c(OCC(=O)Nc3cccc(C)c3)c(Cl)c2)cc1OCC. The fourth-order valence-electron chi connectivity index (χ4n) is 3.27. The number of halogens is 2. The second kappa shape index (κ2) is 14.1. The van der Waals surface area contributed by atoms with Gasteiger partial charge in [-0.1, -0.05) is 48.0 Å². The van der Waals surface area contributed by atoms with Crippen LogP contribution in [0, 0.1) is 6.92 Å². The zero-order valence-electron chi connectivity index (χ0n) is 20.9. The van der Waals surface area contributed by atoms with E-state index in [4.69, 9.17) is 37.4 Å². The third-order valence-electron chi connectivity index (χ3n) is 4.91. The van der Waals surface area contributed by atoms with E-state index >= 15 is 0 Å². The van der Waals surface area contributed by atoms with Crippen LogP contribution in [0.4, 0.5) is 5.69 Å². The summed E-state index contributed by atoms with van der Waals surface area (Å²) >= 11 is 12.6. The molecule has 2 amide bonds. The van der Waals surface area contributed by atoms with Crippen molar-refractivity contribution in [3.05, 3.63) is 94.0 Å². The molecule has 3 aromatic rings. The fraction of sp³-hybridized carbons (Fsp3) is 0.179. The van der Waals surface area contributed by atoms with Gasteiger partial charge in [0.15, 0.2) is 23.9 Å². The average molecular weight is 556 g/mol. The first-order valence-corrected chi connectivity index (χ1v) is 12.4. The van der Waals surface area contributed by atoms with E-state index in [0.29, 0.717) is 41.5 Å². The maximum Gasteiger partial charge on any atom is 0.271 e. The monoisotopic (exact) mass is 555 g/mol. The van der Waals surface area contributed by atoms with Gasteiger partial charge in [-0.25, -0.2) is 5.43 Å². The standard InChI is InChI=1S/C28H27Cl2N3O5/c1-4-11-37-24-10-9-20(15-25(24)36-5-2)28(35)33-31-16-19-13-22(29)27(23(30)14-19)38-17-26(34)32-21-8-6-7-18(3)12-21/h4,6-10,12-16H,1,5,11,17H2,2-3H3,(H,32,34)(H,33,35)/b31-16+. The van der Waals surface area contributed by atoms with Crippen molar-refractivity contribution in [2.24, 2.45) is 5.10 Å². The first kappa shape index (κ1) is 28.6. The molecule has 0 atom stereocenters. The summed E-state index contributed by atoms with van der Waals surface area (Å²) in [7, 11) is 0.